The van der Waals surface area contributed by atoms with E-state index < -0.39 is 0 Å². The van der Waals surface area contributed by atoms with Crippen LogP contribution in [-0.4, -0.2) is 26.9 Å². The highest BCUT2D eigenvalue weighted by molar-refractivity contribution is 5.80. The van der Waals surface area contributed by atoms with Crippen molar-refractivity contribution in [3.63, 3.8) is 0 Å². The van der Waals surface area contributed by atoms with E-state index in [1.807, 2.05) is 6.07 Å². The average Bonchev–Trinajstić information content (AvgIpc) is 2.74. The first-order valence-corrected chi connectivity index (χ1v) is 8.94. The van der Waals surface area contributed by atoms with Gasteiger partial charge in [0.1, 0.15) is 11.6 Å². The van der Waals surface area contributed by atoms with Crippen LogP contribution >= 0.6 is 0 Å². The number of benzene rings is 3. The van der Waals surface area contributed by atoms with Crippen LogP contribution in [0.4, 0.5) is 0 Å². The van der Waals surface area contributed by atoms with Crippen LogP contribution in [0, 0.1) is 0 Å². The molecule has 3 aromatic carbocycles. The normalized spacial score (nSPS) is 11.2. The van der Waals surface area contributed by atoms with Crippen LogP contribution in [0.2, 0.25) is 0 Å². The first kappa shape index (κ1) is 18.3. The molecule has 0 amide bonds. The van der Waals surface area contributed by atoms with Gasteiger partial charge in [0.15, 0.2) is 11.5 Å². The third-order valence-corrected chi connectivity index (χ3v) is 4.55. The second-order valence-corrected chi connectivity index (χ2v) is 6.38. The fourth-order valence-electron chi connectivity index (χ4n) is 3.12. The molecule has 4 rings (SSSR count). The predicted molar refractivity (Wildman–Crippen MR) is 113 cm³/mol. The Morgan fingerprint density at radius 1 is 0.931 bits per heavy atom. The zero-order chi connectivity index (χ0) is 20.4. The van der Waals surface area contributed by atoms with Crippen LogP contribution in [-0.2, 0) is 0 Å². The predicted octanol–water partition coefficient (Wildman–Crippen LogP) is 3.98. The number of phenolic OH excluding ortho intramolecular Hbond substituents is 2. The molecular formula is C23H18N2O4. The first-order valence-electron chi connectivity index (χ1n) is 8.94. The summed E-state index contributed by atoms with van der Waals surface area (Å²) < 4.78 is 6.52. The fraction of sp³-hybridized carbons (Fsp3) is 0.0435. The summed E-state index contributed by atoms with van der Waals surface area (Å²) >= 11 is 0. The van der Waals surface area contributed by atoms with E-state index in [0.29, 0.717) is 28.2 Å². The summed E-state index contributed by atoms with van der Waals surface area (Å²) in [5.41, 5.74) is 1.39. The van der Waals surface area contributed by atoms with Gasteiger partial charge in [-0.05, 0) is 48.0 Å². The summed E-state index contributed by atoms with van der Waals surface area (Å²) in [6, 6.07) is 18.6. The zero-order valence-electron chi connectivity index (χ0n) is 15.6. The molecule has 0 fully saturated rings. The van der Waals surface area contributed by atoms with Crippen molar-refractivity contribution in [1.29, 1.82) is 0 Å². The Morgan fingerprint density at radius 3 is 2.48 bits per heavy atom. The van der Waals surface area contributed by atoms with Crippen LogP contribution < -0.4 is 10.3 Å². The minimum atomic E-state index is -0.278. The number of para-hydroxylation sites is 3. The average molecular weight is 386 g/mol. The van der Waals surface area contributed by atoms with Gasteiger partial charge in [-0.2, -0.15) is 0 Å². The van der Waals surface area contributed by atoms with Gasteiger partial charge in [-0.25, -0.2) is 4.98 Å². The Bertz CT molecular complexity index is 1290. The van der Waals surface area contributed by atoms with Crippen molar-refractivity contribution < 1.29 is 14.9 Å². The van der Waals surface area contributed by atoms with E-state index in [1.165, 1.54) is 23.8 Å². The lowest BCUT2D eigenvalue weighted by molar-refractivity contribution is 0.373. The maximum Gasteiger partial charge on any atom is 0.266 e. The quantitative estimate of drug-likeness (QED) is 0.554. The van der Waals surface area contributed by atoms with Crippen molar-refractivity contribution in [3.05, 3.63) is 88.5 Å². The van der Waals surface area contributed by atoms with Gasteiger partial charge >= 0.3 is 0 Å². The van der Waals surface area contributed by atoms with E-state index in [1.54, 1.807) is 60.7 Å². The van der Waals surface area contributed by atoms with E-state index in [4.69, 9.17) is 4.74 Å². The van der Waals surface area contributed by atoms with Gasteiger partial charge in [0.05, 0.1) is 23.7 Å². The molecule has 0 aliphatic rings. The summed E-state index contributed by atoms with van der Waals surface area (Å²) in [5.74, 6) is 0.728. The molecule has 4 aromatic rings. The van der Waals surface area contributed by atoms with Crippen molar-refractivity contribution in [1.82, 2.24) is 9.55 Å². The Balaban J connectivity index is 1.92. The molecule has 6 heteroatoms. The Kier molecular flexibility index (Phi) is 4.75. The second-order valence-electron chi connectivity index (χ2n) is 6.38. The van der Waals surface area contributed by atoms with Gasteiger partial charge in [-0.1, -0.05) is 36.4 Å². The van der Waals surface area contributed by atoms with E-state index in [-0.39, 0.29) is 17.1 Å². The van der Waals surface area contributed by atoms with Crippen LogP contribution in [0.15, 0.2) is 71.5 Å². The lowest BCUT2D eigenvalue weighted by Crippen LogP contribution is -2.22. The number of phenols is 2. The van der Waals surface area contributed by atoms with E-state index in [9.17, 15) is 15.0 Å². The second kappa shape index (κ2) is 7.52. The van der Waals surface area contributed by atoms with E-state index in [2.05, 4.69) is 4.98 Å². The van der Waals surface area contributed by atoms with Crippen molar-refractivity contribution in [2.24, 2.45) is 0 Å². The third-order valence-electron chi connectivity index (χ3n) is 4.55. The summed E-state index contributed by atoms with van der Waals surface area (Å²) in [7, 11) is 1.48. The van der Waals surface area contributed by atoms with Crippen molar-refractivity contribution in [2.45, 2.75) is 0 Å². The van der Waals surface area contributed by atoms with Gasteiger partial charge < -0.3 is 14.9 Å². The van der Waals surface area contributed by atoms with Gasteiger partial charge in [0, 0.05) is 0 Å². The lowest BCUT2D eigenvalue weighted by Gasteiger charge is -2.12. The first-order chi connectivity index (χ1) is 14.1. The molecule has 1 heterocycles. The van der Waals surface area contributed by atoms with Crippen molar-refractivity contribution >= 4 is 23.1 Å². The third kappa shape index (κ3) is 3.43. The smallest absolute Gasteiger partial charge is 0.266 e. The number of fused-ring (bicyclic) bond motifs is 1. The number of hydrogen-bond acceptors (Lipinski definition) is 5. The Hall–Kier alpha value is -4.06. The van der Waals surface area contributed by atoms with Crippen LogP contribution in [0.25, 0.3) is 28.7 Å². The highest BCUT2D eigenvalue weighted by Gasteiger charge is 2.13. The number of rotatable bonds is 4. The molecule has 0 bridgehead atoms. The standard InChI is InChI=1S/C23H18N2O4/c1-29-21-14-15(10-12-20(21)27)11-13-22-24-17-7-3-2-6-16(17)23(28)25(22)18-8-4-5-9-19(18)26/h2-14,26-27H,1H3/b13-11+. The van der Waals surface area contributed by atoms with Crippen LogP contribution in [0.1, 0.15) is 11.4 Å². The number of nitrogens with zero attached hydrogens (tertiary/aromatic N) is 2. The number of aromatic hydroxyl groups is 2. The van der Waals surface area contributed by atoms with Crippen LogP contribution in [0.5, 0.6) is 17.2 Å². The highest BCUT2D eigenvalue weighted by atomic mass is 16.5. The molecule has 6 nitrogen and oxygen atoms in total. The number of ether oxygens (including phenoxy) is 1. The molecule has 0 aliphatic heterocycles. The summed E-state index contributed by atoms with van der Waals surface area (Å²) in [6.45, 7) is 0. The van der Waals surface area contributed by atoms with Crippen molar-refractivity contribution in [2.75, 3.05) is 7.11 Å². The minimum Gasteiger partial charge on any atom is -0.506 e. The SMILES string of the molecule is COc1cc(/C=C/c2nc3ccccc3c(=O)n2-c2ccccc2O)ccc1O. The molecule has 0 atom stereocenters. The molecule has 0 aliphatic carbocycles. The molecular weight excluding hydrogens is 368 g/mol. The Labute approximate surface area is 166 Å². The lowest BCUT2D eigenvalue weighted by atomic mass is 10.1. The molecule has 1 aromatic heterocycles. The summed E-state index contributed by atoms with van der Waals surface area (Å²) in [4.78, 5) is 17.8. The summed E-state index contributed by atoms with van der Waals surface area (Å²) in [6.07, 6.45) is 3.45. The molecule has 144 valence electrons. The monoisotopic (exact) mass is 386 g/mol. The number of hydrogen-bond donors (Lipinski definition) is 2. The highest BCUT2D eigenvalue weighted by Crippen LogP contribution is 2.27. The minimum absolute atomic E-state index is 0.0207. The van der Waals surface area contributed by atoms with Crippen molar-refractivity contribution in [3.8, 4) is 22.9 Å². The van der Waals surface area contributed by atoms with Gasteiger partial charge in [0.25, 0.3) is 5.56 Å². The van der Waals surface area contributed by atoms with Crippen LogP contribution in [0.3, 0.4) is 0 Å². The van der Waals surface area contributed by atoms with E-state index in [0.717, 1.165) is 5.56 Å². The Morgan fingerprint density at radius 2 is 1.69 bits per heavy atom. The molecule has 0 spiro atoms. The maximum atomic E-state index is 13.2. The molecule has 29 heavy (non-hydrogen) atoms. The van der Waals surface area contributed by atoms with E-state index >= 15 is 0 Å². The molecule has 0 saturated carbocycles. The molecule has 0 unspecified atom stereocenters. The molecule has 2 N–H and O–H groups in total. The van der Waals surface area contributed by atoms with Gasteiger partial charge in [-0.3, -0.25) is 9.36 Å². The molecule has 0 saturated heterocycles. The number of methoxy groups -OCH3 is 1. The summed E-state index contributed by atoms with van der Waals surface area (Å²) in [5, 5.41) is 20.5. The largest absolute Gasteiger partial charge is 0.506 e. The fourth-order valence-corrected chi connectivity index (χ4v) is 3.12. The topological polar surface area (TPSA) is 84.6 Å². The number of aromatic nitrogens is 2. The zero-order valence-corrected chi connectivity index (χ0v) is 15.6. The van der Waals surface area contributed by atoms with Gasteiger partial charge in [0.2, 0.25) is 0 Å². The molecule has 0 radical (unpaired) electrons. The maximum absolute atomic E-state index is 13.2. The van der Waals surface area contributed by atoms with Gasteiger partial charge in [-0.15, -0.1) is 0 Å².